The van der Waals surface area contributed by atoms with Gasteiger partial charge in [0, 0.05) is 16.9 Å². The third-order valence-electron chi connectivity index (χ3n) is 3.02. The number of halogens is 3. The van der Waals surface area contributed by atoms with E-state index in [9.17, 15) is 18.0 Å². The highest BCUT2D eigenvalue weighted by Crippen LogP contribution is 2.29. The van der Waals surface area contributed by atoms with E-state index >= 15 is 0 Å². The maximum atomic E-state index is 12.5. The molecule has 2 aromatic carbocycles. The Morgan fingerprint density at radius 2 is 1.42 bits per heavy atom. The molecule has 9 heteroatoms. The fourth-order valence-electron chi connectivity index (χ4n) is 1.82. The average molecular weight is 338 g/mol. The Hall–Kier alpha value is -3.23. The zero-order valence-corrected chi connectivity index (χ0v) is 12.1. The number of nitrogens with zero attached hydrogens (tertiary/aromatic N) is 1. The molecule has 0 aliphatic rings. The van der Waals surface area contributed by atoms with Crippen LogP contribution in [0.25, 0.3) is 0 Å². The van der Waals surface area contributed by atoms with E-state index in [4.69, 9.17) is 10.9 Å². The minimum atomic E-state index is -4.43. The Labute approximate surface area is 134 Å². The zero-order valence-electron chi connectivity index (χ0n) is 12.1. The van der Waals surface area contributed by atoms with Crippen molar-refractivity contribution in [2.75, 3.05) is 10.6 Å². The number of anilines is 2. The number of amidine groups is 1. The number of hydrogen-bond acceptors (Lipinski definition) is 3. The molecule has 0 radical (unpaired) electrons. The number of benzene rings is 2. The number of amides is 2. The number of nitrogens with one attached hydrogen (secondary N) is 2. The van der Waals surface area contributed by atoms with Crippen LogP contribution in [0.2, 0.25) is 0 Å². The van der Waals surface area contributed by atoms with Crippen LogP contribution in [0.4, 0.5) is 29.3 Å². The van der Waals surface area contributed by atoms with Crippen molar-refractivity contribution in [1.29, 1.82) is 0 Å². The Morgan fingerprint density at radius 3 is 1.83 bits per heavy atom. The predicted molar refractivity (Wildman–Crippen MR) is 83.0 cm³/mol. The lowest BCUT2D eigenvalue weighted by Gasteiger charge is -2.10. The second-order valence-corrected chi connectivity index (χ2v) is 4.72. The monoisotopic (exact) mass is 338 g/mol. The van der Waals surface area contributed by atoms with Gasteiger partial charge in [-0.15, -0.1) is 0 Å². The lowest BCUT2D eigenvalue weighted by atomic mass is 10.2. The van der Waals surface area contributed by atoms with Crippen molar-refractivity contribution in [3.8, 4) is 0 Å². The Bertz CT molecular complexity index is 741. The lowest BCUT2D eigenvalue weighted by molar-refractivity contribution is -0.137. The van der Waals surface area contributed by atoms with Crippen molar-refractivity contribution >= 4 is 23.2 Å². The summed E-state index contributed by atoms with van der Waals surface area (Å²) in [5.41, 5.74) is 5.72. The number of nitrogens with two attached hydrogens (primary N) is 1. The van der Waals surface area contributed by atoms with Gasteiger partial charge in [0.15, 0.2) is 5.84 Å². The van der Waals surface area contributed by atoms with E-state index in [1.54, 1.807) is 0 Å². The second-order valence-electron chi connectivity index (χ2n) is 4.72. The lowest BCUT2D eigenvalue weighted by Crippen LogP contribution is -2.19. The van der Waals surface area contributed by atoms with E-state index in [2.05, 4.69) is 15.8 Å². The van der Waals surface area contributed by atoms with Crippen molar-refractivity contribution in [3.63, 3.8) is 0 Å². The minimum Gasteiger partial charge on any atom is -0.409 e. The topological polar surface area (TPSA) is 99.7 Å². The summed E-state index contributed by atoms with van der Waals surface area (Å²) in [6.07, 6.45) is -4.43. The van der Waals surface area contributed by atoms with E-state index in [0.717, 1.165) is 24.3 Å². The minimum absolute atomic E-state index is 0.0734. The molecule has 6 nitrogen and oxygen atoms in total. The number of carbonyl (C=O) groups is 1. The molecule has 0 heterocycles. The van der Waals surface area contributed by atoms with E-state index in [-0.39, 0.29) is 11.5 Å². The second kappa shape index (κ2) is 6.90. The summed E-state index contributed by atoms with van der Waals surface area (Å²) in [4.78, 5) is 11.8. The average Bonchev–Trinajstić information content (AvgIpc) is 2.54. The van der Waals surface area contributed by atoms with Crippen LogP contribution in [0.5, 0.6) is 0 Å². The summed E-state index contributed by atoms with van der Waals surface area (Å²) >= 11 is 0. The molecule has 0 aliphatic heterocycles. The molecule has 2 amide bonds. The molecule has 24 heavy (non-hydrogen) atoms. The van der Waals surface area contributed by atoms with Gasteiger partial charge in [0.25, 0.3) is 0 Å². The van der Waals surface area contributed by atoms with Gasteiger partial charge in [-0.2, -0.15) is 13.2 Å². The standard InChI is InChI=1S/C15H13F3N4O2/c16-15(17,18)10-3-7-12(8-4-10)21-14(23)20-11-5-1-9(2-6-11)13(19)22-24/h1-8,24H,(H2,19,22)(H2,20,21,23). The van der Waals surface area contributed by atoms with Gasteiger partial charge in [-0.25, -0.2) is 4.79 Å². The van der Waals surface area contributed by atoms with E-state index in [0.29, 0.717) is 11.3 Å². The Morgan fingerprint density at radius 1 is 0.958 bits per heavy atom. The van der Waals surface area contributed by atoms with Gasteiger partial charge in [0.2, 0.25) is 0 Å². The quantitative estimate of drug-likeness (QED) is 0.298. The van der Waals surface area contributed by atoms with Crippen LogP contribution < -0.4 is 16.4 Å². The maximum absolute atomic E-state index is 12.5. The molecule has 0 unspecified atom stereocenters. The molecule has 0 saturated carbocycles. The summed E-state index contributed by atoms with van der Waals surface area (Å²) in [5.74, 6) is -0.0734. The summed E-state index contributed by atoms with van der Waals surface area (Å²) in [6, 6.07) is 9.56. The molecule has 0 aromatic heterocycles. The smallest absolute Gasteiger partial charge is 0.409 e. The summed E-state index contributed by atoms with van der Waals surface area (Å²) in [5, 5.41) is 16.3. The van der Waals surface area contributed by atoms with Gasteiger partial charge in [-0.1, -0.05) is 5.16 Å². The molecule has 5 N–H and O–H groups in total. The van der Waals surface area contributed by atoms with Gasteiger partial charge in [-0.05, 0) is 48.5 Å². The van der Waals surface area contributed by atoms with Crippen molar-refractivity contribution in [3.05, 3.63) is 59.7 Å². The molecular weight excluding hydrogens is 325 g/mol. The van der Waals surface area contributed by atoms with E-state index in [1.165, 1.54) is 24.3 Å². The van der Waals surface area contributed by atoms with Gasteiger partial charge in [-0.3, -0.25) is 0 Å². The molecular formula is C15H13F3N4O2. The van der Waals surface area contributed by atoms with Crippen LogP contribution in [0, 0.1) is 0 Å². The zero-order chi connectivity index (χ0) is 17.7. The van der Waals surface area contributed by atoms with Crippen molar-refractivity contribution in [2.24, 2.45) is 10.9 Å². The fourth-order valence-corrected chi connectivity index (χ4v) is 1.82. The molecule has 0 atom stereocenters. The van der Waals surface area contributed by atoms with Gasteiger partial charge in [0.05, 0.1) is 5.56 Å². The summed E-state index contributed by atoms with van der Waals surface area (Å²) < 4.78 is 37.4. The number of oxime groups is 1. The first kappa shape index (κ1) is 17.1. The van der Waals surface area contributed by atoms with Gasteiger partial charge in [0.1, 0.15) is 0 Å². The highest BCUT2D eigenvalue weighted by atomic mass is 19.4. The largest absolute Gasteiger partial charge is 0.416 e. The maximum Gasteiger partial charge on any atom is 0.416 e. The first-order valence-electron chi connectivity index (χ1n) is 6.63. The van der Waals surface area contributed by atoms with Crippen LogP contribution in [-0.4, -0.2) is 17.1 Å². The van der Waals surface area contributed by atoms with Crippen molar-refractivity contribution in [1.82, 2.24) is 0 Å². The van der Waals surface area contributed by atoms with E-state index < -0.39 is 17.8 Å². The first-order chi connectivity index (χ1) is 11.3. The van der Waals surface area contributed by atoms with Crippen LogP contribution in [0.1, 0.15) is 11.1 Å². The molecule has 2 aromatic rings. The molecule has 0 spiro atoms. The highest BCUT2D eigenvalue weighted by Gasteiger charge is 2.29. The van der Waals surface area contributed by atoms with Crippen LogP contribution in [0.15, 0.2) is 53.7 Å². The molecule has 0 saturated heterocycles. The summed E-state index contributed by atoms with van der Waals surface area (Å²) in [7, 11) is 0. The number of carbonyl (C=O) groups excluding carboxylic acids is 1. The predicted octanol–water partition coefficient (Wildman–Crippen LogP) is 3.44. The van der Waals surface area contributed by atoms with Crippen molar-refractivity contribution in [2.45, 2.75) is 6.18 Å². The molecule has 0 fully saturated rings. The number of urea groups is 1. The van der Waals surface area contributed by atoms with Gasteiger partial charge < -0.3 is 21.6 Å². The first-order valence-corrected chi connectivity index (χ1v) is 6.63. The Balaban J connectivity index is 1.98. The number of hydrogen-bond donors (Lipinski definition) is 4. The molecule has 126 valence electrons. The normalized spacial score (nSPS) is 11.9. The molecule has 0 aliphatic carbocycles. The van der Waals surface area contributed by atoms with Gasteiger partial charge >= 0.3 is 12.2 Å². The number of rotatable bonds is 3. The fraction of sp³-hybridized carbons (Fsp3) is 0.0667. The molecule has 0 bridgehead atoms. The number of alkyl halides is 3. The summed E-state index contributed by atoms with van der Waals surface area (Å²) in [6.45, 7) is 0. The third-order valence-corrected chi connectivity index (χ3v) is 3.02. The van der Waals surface area contributed by atoms with Crippen LogP contribution in [-0.2, 0) is 6.18 Å². The SMILES string of the molecule is NC(=NO)c1ccc(NC(=O)Nc2ccc(C(F)(F)F)cc2)cc1. The van der Waals surface area contributed by atoms with Crippen LogP contribution in [0.3, 0.4) is 0 Å². The third kappa shape index (κ3) is 4.38. The Kier molecular flexibility index (Phi) is 4.93. The van der Waals surface area contributed by atoms with Crippen LogP contribution >= 0.6 is 0 Å². The molecule has 2 rings (SSSR count). The van der Waals surface area contributed by atoms with E-state index in [1.807, 2.05) is 0 Å². The van der Waals surface area contributed by atoms with Crippen molar-refractivity contribution < 1.29 is 23.2 Å². The highest BCUT2D eigenvalue weighted by molar-refractivity contribution is 6.01.